The number of rotatable bonds is 4. The monoisotopic (exact) mass is 387 g/mol. The first kappa shape index (κ1) is 18.6. The van der Waals surface area contributed by atoms with E-state index >= 15 is 0 Å². The highest BCUT2D eigenvalue weighted by Crippen LogP contribution is 2.15. The van der Waals surface area contributed by atoms with Gasteiger partial charge in [0.1, 0.15) is 17.0 Å². The van der Waals surface area contributed by atoms with Crippen LogP contribution in [0, 0.1) is 12.7 Å². The molecule has 4 aromatic rings. The first-order valence-electron chi connectivity index (χ1n) is 9.12. The van der Waals surface area contributed by atoms with Crippen LogP contribution in [0.15, 0.2) is 77.7 Å². The maximum Gasteiger partial charge on any atom is 0.265 e. The van der Waals surface area contributed by atoms with Gasteiger partial charge in [-0.3, -0.25) is 14.2 Å². The van der Waals surface area contributed by atoms with Crippen molar-refractivity contribution in [2.75, 3.05) is 5.32 Å². The third-order valence-corrected chi connectivity index (χ3v) is 4.66. The Labute approximate surface area is 166 Å². The van der Waals surface area contributed by atoms with E-state index in [4.69, 9.17) is 0 Å². The zero-order valence-electron chi connectivity index (χ0n) is 15.7. The fourth-order valence-electron chi connectivity index (χ4n) is 3.12. The first-order chi connectivity index (χ1) is 14.0. The second kappa shape index (κ2) is 7.67. The molecule has 0 aliphatic heterocycles. The number of carbonyl (C=O) groups is 1. The van der Waals surface area contributed by atoms with E-state index in [2.05, 4.69) is 10.3 Å². The molecule has 4 rings (SSSR count). The summed E-state index contributed by atoms with van der Waals surface area (Å²) in [6, 6.07) is 18.3. The van der Waals surface area contributed by atoms with Crippen LogP contribution in [-0.4, -0.2) is 15.5 Å². The Balaban J connectivity index is 1.77. The Kier molecular flexibility index (Phi) is 4.91. The van der Waals surface area contributed by atoms with Gasteiger partial charge in [-0.25, -0.2) is 9.37 Å². The highest BCUT2D eigenvalue weighted by Gasteiger charge is 2.17. The molecule has 29 heavy (non-hydrogen) atoms. The molecule has 0 radical (unpaired) electrons. The summed E-state index contributed by atoms with van der Waals surface area (Å²) in [4.78, 5) is 30.3. The maximum atomic E-state index is 13.2. The molecule has 0 aliphatic carbocycles. The van der Waals surface area contributed by atoms with Gasteiger partial charge >= 0.3 is 0 Å². The van der Waals surface area contributed by atoms with Crippen LogP contribution in [0.5, 0.6) is 0 Å². The van der Waals surface area contributed by atoms with Crippen LogP contribution in [0.3, 0.4) is 0 Å². The Morgan fingerprint density at radius 3 is 2.52 bits per heavy atom. The number of hydrogen-bond donors (Lipinski definition) is 1. The number of benzene rings is 2. The SMILES string of the molecule is Cc1ccc(NC(=O)c2cc3cccnc3n(Cc3ccc(F)cc3)c2=O)cc1. The van der Waals surface area contributed by atoms with Crippen molar-refractivity contribution in [2.45, 2.75) is 13.5 Å². The van der Waals surface area contributed by atoms with Gasteiger partial charge in [-0.2, -0.15) is 0 Å². The molecule has 1 amide bonds. The van der Waals surface area contributed by atoms with E-state index in [1.165, 1.54) is 16.7 Å². The highest BCUT2D eigenvalue weighted by molar-refractivity contribution is 6.05. The molecular weight excluding hydrogens is 369 g/mol. The van der Waals surface area contributed by atoms with Crippen LogP contribution in [-0.2, 0) is 6.54 Å². The van der Waals surface area contributed by atoms with Gasteiger partial charge in [0, 0.05) is 17.3 Å². The van der Waals surface area contributed by atoms with Crippen molar-refractivity contribution in [3.8, 4) is 0 Å². The van der Waals surface area contributed by atoms with E-state index in [1.54, 1.807) is 48.7 Å². The van der Waals surface area contributed by atoms with E-state index in [9.17, 15) is 14.0 Å². The zero-order valence-corrected chi connectivity index (χ0v) is 15.7. The number of anilines is 1. The van der Waals surface area contributed by atoms with Crippen molar-refractivity contribution in [3.05, 3.63) is 106 Å². The molecule has 6 heteroatoms. The molecule has 0 saturated heterocycles. The Morgan fingerprint density at radius 1 is 1.07 bits per heavy atom. The number of nitrogens with zero attached hydrogens (tertiary/aromatic N) is 2. The summed E-state index contributed by atoms with van der Waals surface area (Å²) in [6.07, 6.45) is 1.59. The summed E-state index contributed by atoms with van der Waals surface area (Å²) in [7, 11) is 0. The van der Waals surface area contributed by atoms with Gasteiger partial charge in [-0.15, -0.1) is 0 Å². The molecule has 0 atom stereocenters. The van der Waals surface area contributed by atoms with Crippen LogP contribution < -0.4 is 10.9 Å². The average molecular weight is 387 g/mol. The maximum absolute atomic E-state index is 13.2. The molecule has 0 bridgehead atoms. The normalized spacial score (nSPS) is 10.8. The van der Waals surface area contributed by atoms with E-state index < -0.39 is 11.5 Å². The van der Waals surface area contributed by atoms with Crippen LogP contribution in [0.25, 0.3) is 11.0 Å². The summed E-state index contributed by atoms with van der Waals surface area (Å²) >= 11 is 0. The second-order valence-corrected chi connectivity index (χ2v) is 6.81. The highest BCUT2D eigenvalue weighted by atomic mass is 19.1. The Hall–Kier alpha value is -3.80. The Bertz CT molecular complexity index is 1250. The number of carbonyl (C=O) groups excluding carboxylic acids is 1. The molecule has 2 heterocycles. The number of aromatic nitrogens is 2. The van der Waals surface area contributed by atoms with Gasteiger partial charge in [0.15, 0.2) is 0 Å². The smallest absolute Gasteiger partial charge is 0.265 e. The van der Waals surface area contributed by atoms with Gasteiger partial charge in [-0.05, 0) is 55.0 Å². The van der Waals surface area contributed by atoms with E-state index in [0.717, 1.165) is 11.1 Å². The molecule has 2 aromatic heterocycles. The summed E-state index contributed by atoms with van der Waals surface area (Å²) in [6.45, 7) is 2.13. The van der Waals surface area contributed by atoms with Gasteiger partial charge < -0.3 is 5.32 Å². The lowest BCUT2D eigenvalue weighted by Gasteiger charge is -2.12. The van der Waals surface area contributed by atoms with E-state index in [-0.39, 0.29) is 17.9 Å². The number of fused-ring (bicyclic) bond motifs is 1. The summed E-state index contributed by atoms with van der Waals surface area (Å²) in [5, 5.41) is 3.44. The van der Waals surface area contributed by atoms with Gasteiger partial charge in [0.2, 0.25) is 0 Å². The predicted molar refractivity (Wildman–Crippen MR) is 111 cm³/mol. The van der Waals surface area contributed by atoms with Crippen molar-refractivity contribution < 1.29 is 9.18 Å². The molecule has 144 valence electrons. The molecule has 0 unspecified atom stereocenters. The van der Waals surface area contributed by atoms with Crippen molar-refractivity contribution in [2.24, 2.45) is 0 Å². The minimum Gasteiger partial charge on any atom is -0.322 e. The van der Waals surface area contributed by atoms with Crippen molar-refractivity contribution >= 4 is 22.6 Å². The lowest BCUT2D eigenvalue weighted by molar-refractivity contribution is 0.102. The third-order valence-electron chi connectivity index (χ3n) is 4.66. The third kappa shape index (κ3) is 3.91. The van der Waals surface area contributed by atoms with Gasteiger partial charge in [0.25, 0.3) is 11.5 Å². The van der Waals surface area contributed by atoms with Crippen LogP contribution in [0.1, 0.15) is 21.5 Å². The molecule has 5 nitrogen and oxygen atoms in total. The molecule has 0 aliphatic rings. The first-order valence-corrected chi connectivity index (χ1v) is 9.12. The van der Waals surface area contributed by atoms with E-state index in [0.29, 0.717) is 16.7 Å². The number of nitrogens with one attached hydrogen (secondary N) is 1. The van der Waals surface area contributed by atoms with Crippen molar-refractivity contribution in [1.29, 1.82) is 0 Å². The fraction of sp³-hybridized carbons (Fsp3) is 0.0870. The standard InChI is InChI=1S/C23H18FN3O2/c1-15-4-10-19(11-5-15)26-22(28)20-13-17-3-2-12-25-21(17)27(23(20)29)14-16-6-8-18(24)9-7-16/h2-13H,14H2,1H3,(H,26,28). The molecule has 0 fully saturated rings. The van der Waals surface area contributed by atoms with Crippen LogP contribution in [0.4, 0.5) is 10.1 Å². The number of amides is 1. The molecule has 0 saturated carbocycles. The topological polar surface area (TPSA) is 64.0 Å². The summed E-state index contributed by atoms with van der Waals surface area (Å²) < 4.78 is 14.7. The van der Waals surface area contributed by atoms with Gasteiger partial charge in [0.05, 0.1) is 6.54 Å². The average Bonchev–Trinajstić information content (AvgIpc) is 2.73. The van der Waals surface area contributed by atoms with Crippen LogP contribution >= 0.6 is 0 Å². The second-order valence-electron chi connectivity index (χ2n) is 6.81. The molecule has 2 aromatic carbocycles. The van der Waals surface area contributed by atoms with Crippen molar-refractivity contribution in [3.63, 3.8) is 0 Å². The number of halogens is 1. The number of aryl methyl sites for hydroxylation is 1. The minimum absolute atomic E-state index is 0.0215. The lowest BCUT2D eigenvalue weighted by atomic mass is 10.1. The van der Waals surface area contributed by atoms with E-state index in [1.807, 2.05) is 19.1 Å². The minimum atomic E-state index is -0.488. The number of hydrogen-bond acceptors (Lipinski definition) is 3. The van der Waals surface area contributed by atoms with Gasteiger partial charge in [-0.1, -0.05) is 29.8 Å². The molecule has 0 spiro atoms. The quantitative estimate of drug-likeness (QED) is 0.572. The Morgan fingerprint density at radius 2 is 1.79 bits per heavy atom. The molecular formula is C23H18FN3O2. The fourth-order valence-corrected chi connectivity index (χ4v) is 3.12. The van der Waals surface area contributed by atoms with Crippen molar-refractivity contribution in [1.82, 2.24) is 9.55 Å². The molecule has 1 N–H and O–H groups in total. The lowest BCUT2D eigenvalue weighted by Crippen LogP contribution is -2.30. The predicted octanol–water partition coefficient (Wildman–Crippen LogP) is 4.14. The largest absolute Gasteiger partial charge is 0.322 e. The zero-order chi connectivity index (χ0) is 20.4. The number of pyridine rings is 2. The van der Waals surface area contributed by atoms with Crippen LogP contribution in [0.2, 0.25) is 0 Å². The summed E-state index contributed by atoms with van der Waals surface area (Å²) in [5.41, 5.74) is 2.45. The summed E-state index contributed by atoms with van der Waals surface area (Å²) in [5.74, 6) is -0.840.